The molecule has 110 valence electrons. The molecule has 0 atom stereocenters. The Morgan fingerprint density at radius 1 is 1.35 bits per heavy atom. The number of carbonyl (C=O) groups is 1. The normalized spacial score (nSPS) is 16.4. The Hall–Kier alpha value is -1.49. The summed E-state index contributed by atoms with van der Waals surface area (Å²) in [4.78, 5) is 13.9. The summed E-state index contributed by atoms with van der Waals surface area (Å²) in [6.45, 7) is 2.26. The molecule has 0 saturated carbocycles. The van der Waals surface area contributed by atoms with Gasteiger partial charge in [0.2, 0.25) is 0 Å². The van der Waals surface area contributed by atoms with Gasteiger partial charge in [0, 0.05) is 19.2 Å². The molecule has 2 rings (SSSR count). The Balaban J connectivity index is 1.94. The van der Waals surface area contributed by atoms with Crippen LogP contribution in [0.15, 0.2) is 18.2 Å². The van der Waals surface area contributed by atoms with Gasteiger partial charge in [0.25, 0.3) is 5.91 Å². The molecule has 1 fully saturated rings. The predicted molar refractivity (Wildman–Crippen MR) is 73.5 cm³/mol. The summed E-state index contributed by atoms with van der Waals surface area (Å²) in [7, 11) is 1.93. The van der Waals surface area contributed by atoms with Gasteiger partial charge in [-0.15, -0.1) is 0 Å². The Labute approximate surface area is 118 Å². The van der Waals surface area contributed by atoms with Crippen LogP contribution in [0.3, 0.4) is 0 Å². The first-order valence-corrected chi connectivity index (χ1v) is 7.00. The smallest absolute Gasteiger partial charge is 0.256 e. The molecule has 1 aliphatic heterocycles. The zero-order valence-corrected chi connectivity index (χ0v) is 11.7. The predicted octanol–water partition coefficient (Wildman–Crippen LogP) is 2.43. The molecule has 1 aromatic carbocycles. The van der Waals surface area contributed by atoms with Gasteiger partial charge < -0.3 is 10.2 Å². The van der Waals surface area contributed by atoms with Gasteiger partial charge in [-0.1, -0.05) is 0 Å². The van der Waals surface area contributed by atoms with Crippen LogP contribution in [0.2, 0.25) is 0 Å². The number of rotatable bonds is 4. The van der Waals surface area contributed by atoms with Gasteiger partial charge >= 0.3 is 0 Å². The van der Waals surface area contributed by atoms with E-state index in [1.165, 1.54) is 6.07 Å². The van der Waals surface area contributed by atoms with E-state index in [0.29, 0.717) is 19.0 Å². The first-order valence-electron chi connectivity index (χ1n) is 7.00. The number of nitrogens with one attached hydrogen (secondary N) is 1. The maximum atomic E-state index is 13.6. The van der Waals surface area contributed by atoms with E-state index in [1.807, 2.05) is 7.05 Å². The summed E-state index contributed by atoms with van der Waals surface area (Å²) < 4.78 is 26.5. The molecular weight excluding hydrogens is 262 g/mol. The van der Waals surface area contributed by atoms with Crippen molar-refractivity contribution in [2.75, 3.05) is 26.7 Å². The molecule has 1 aromatic rings. The summed E-state index contributed by atoms with van der Waals surface area (Å²) >= 11 is 0. The van der Waals surface area contributed by atoms with Crippen molar-refractivity contribution in [3.05, 3.63) is 35.4 Å². The van der Waals surface area contributed by atoms with Gasteiger partial charge in [-0.05, 0) is 50.9 Å². The fourth-order valence-electron chi connectivity index (χ4n) is 2.61. The van der Waals surface area contributed by atoms with Crippen LogP contribution in [-0.4, -0.2) is 37.5 Å². The number of amides is 1. The largest absolute Gasteiger partial charge is 0.339 e. The molecule has 0 radical (unpaired) electrons. The summed E-state index contributed by atoms with van der Waals surface area (Å²) in [5.41, 5.74) is -0.0416. The van der Waals surface area contributed by atoms with Crippen LogP contribution in [0.5, 0.6) is 0 Å². The number of nitrogens with zero attached hydrogens (tertiary/aromatic N) is 1. The van der Waals surface area contributed by atoms with Crippen molar-refractivity contribution in [3.63, 3.8) is 0 Å². The first-order chi connectivity index (χ1) is 9.61. The molecule has 0 aliphatic carbocycles. The van der Waals surface area contributed by atoms with Crippen LogP contribution in [0.1, 0.15) is 29.6 Å². The molecule has 20 heavy (non-hydrogen) atoms. The highest BCUT2D eigenvalue weighted by Gasteiger charge is 2.25. The Morgan fingerprint density at radius 3 is 2.65 bits per heavy atom. The second-order valence-electron chi connectivity index (χ2n) is 5.25. The molecule has 5 heteroatoms. The van der Waals surface area contributed by atoms with Crippen molar-refractivity contribution in [1.82, 2.24) is 10.2 Å². The number of carbonyl (C=O) groups excluding carboxylic acids is 1. The second kappa shape index (κ2) is 6.79. The minimum atomic E-state index is -0.785. The lowest BCUT2D eigenvalue weighted by Gasteiger charge is -2.32. The number of hydrogen-bond acceptors (Lipinski definition) is 2. The van der Waals surface area contributed by atoms with Crippen molar-refractivity contribution in [2.24, 2.45) is 5.92 Å². The third kappa shape index (κ3) is 3.54. The zero-order chi connectivity index (χ0) is 14.5. The molecule has 1 amide bonds. The number of hydrogen-bond donors (Lipinski definition) is 1. The van der Waals surface area contributed by atoms with Gasteiger partial charge in [0.05, 0.1) is 5.56 Å². The lowest BCUT2D eigenvalue weighted by Crippen LogP contribution is -2.39. The molecule has 0 bridgehead atoms. The molecule has 0 aromatic heterocycles. The summed E-state index contributed by atoms with van der Waals surface area (Å²) in [5, 5.41) is 3.12. The van der Waals surface area contributed by atoms with E-state index < -0.39 is 11.6 Å². The van der Waals surface area contributed by atoms with Gasteiger partial charge in [-0.2, -0.15) is 0 Å². The summed E-state index contributed by atoms with van der Waals surface area (Å²) in [6, 6.07) is 3.10. The summed E-state index contributed by atoms with van der Waals surface area (Å²) in [5.74, 6) is -1.17. The van der Waals surface area contributed by atoms with E-state index in [2.05, 4.69) is 5.32 Å². The van der Waals surface area contributed by atoms with Crippen LogP contribution in [0, 0.1) is 17.6 Å². The Kier molecular flexibility index (Phi) is 5.06. The van der Waals surface area contributed by atoms with Gasteiger partial charge in [-0.25, -0.2) is 8.78 Å². The Morgan fingerprint density at radius 2 is 2.05 bits per heavy atom. The van der Waals surface area contributed by atoms with Crippen LogP contribution in [-0.2, 0) is 0 Å². The average molecular weight is 282 g/mol. The molecule has 0 spiro atoms. The van der Waals surface area contributed by atoms with Crippen molar-refractivity contribution in [3.8, 4) is 0 Å². The monoisotopic (exact) mass is 282 g/mol. The number of halogens is 2. The lowest BCUT2D eigenvalue weighted by atomic mass is 9.93. The third-order valence-corrected chi connectivity index (χ3v) is 3.87. The zero-order valence-electron chi connectivity index (χ0n) is 11.7. The van der Waals surface area contributed by atoms with Crippen LogP contribution in [0.4, 0.5) is 8.78 Å². The standard InChI is InChI=1S/C15H20F2N2O/c1-18-7-4-11-5-8-19(9-6-11)15(20)13-3-2-12(16)10-14(13)17/h2-3,10-11,18H,4-9H2,1H3. The third-order valence-electron chi connectivity index (χ3n) is 3.87. The van der Waals surface area contributed by atoms with E-state index in [0.717, 1.165) is 37.9 Å². The van der Waals surface area contributed by atoms with Gasteiger partial charge in [0.1, 0.15) is 11.6 Å². The highest BCUT2D eigenvalue weighted by Crippen LogP contribution is 2.22. The second-order valence-corrected chi connectivity index (χ2v) is 5.25. The number of piperidine rings is 1. The van der Waals surface area contributed by atoms with Crippen molar-refractivity contribution < 1.29 is 13.6 Å². The highest BCUT2D eigenvalue weighted by molar-refractivity contribution is 5.94. The van der Waals surface area contributed by atoms with Crippen molar-refractivity contribution >= 4 is 5.91 Å². The van der Waals surface area contributed by atoms with E-state index >= 15 is 0 Å². The molecule has 1 N–H and O–H groups in total. The molecular formula is C15H20F2N2O. The highest BCUT2D eigenvalue weighted by atomic mass is 19.1. The average Bonchev–Trinajstić information content (AvgIpc) is 2.45. The lowest BCUT2D eigenvalue weighted by molar-refractivity contribution is 0.0682. The van der Waals surface area contributed by atoms with E-state index in [9.17, 15) is 13.6 Å². The SMILES string of the molecule is CNCCC1CCN(C(=O)c2ccc(F)cc2F)CC1. The summed E-state index contributed by atoms with van der Waals surface area (Å²) in [6.07, 6.45) is 2.98. The maximum absolute atomic E-state index is 13.6. The quantitative estimate of drug-likeness (QED) is 0.920. The minimum Gasteiger partial charge on any atom is -0.339 e. The van der Waals surface area contributed by atoms with Crippen LogP contribution < -0.4 is 5.32 Å². The van der Waals surface area contributed by atoms with Gasteiger partial charge in [0.15, 0.2) is 0 Å². The van der Waals surface area contributed by atoms with E-state index in [4.69, 9.17) is 0 Å². The molecule has 1 aliphatic rings. The Bertz CT molecular complexity index is 471. The number of benzene rings is 1. The fourth-order valence-corrected chi connectivity index (χ4v) is 2.61. The van der Waals surface area contributed by atoms with Crippen molar-refractivity contribution in [2.45, 2.75) is 19.3 Å². The van der Waals surface area contributed by atoms with E-state index in [1.54, 1.807) is 4.90 Å². The maximum Gasteiger partial charge on any atom is 0.256 e. The van der Waals surface area contributed by atoms with E-state index in [-0.39, 0.29) is 11.5 Å². The molecule has 0 unspecified atom stereocenters. The number of likely N-dealkylation sites (tertiary alicyclic amines) is 1. The van der Waals surface area contributed by atoms with Crippen molar-refractivity contribution in [1.29, 1.82) is 0 Å². The van der Waals surface area contributed by atoms with Crippen LogP contribution in [0.25, 0.3) is 0 Å². The minimum absolute atomic E-state index is 0.0416. The van der Waals surface area contributed by atoms with Crippen LogP contribution >= 0.6 is 0 Å². The molecule has 3 nitrogen and oxygen atoms in total. The van der Waals surface area contributed by atoms with Gasteiger partial charge in [-0.3, -0.25) is 4.79 Å². The molecule has 1 saturated heterocycles. The fraction of sp³-hybridized carbons (Fsp3) is 0.533. The molecule has 1 heterocycles. The first kappa shape index (κ1) is 14.9. The topological polar surface area (TPSA) is 32.3 Å².